The number of rotatable bonds is 2. The van der Waals surface area contributed by atoms with Crippen LogP contribution in [0.25, 0.3) is 0 Å². The molecule has 1 aromatic carbocycles. The molecule has 0 saturated carbocycles. The van der Waals surface area contributed by atoms with Crippen molar-refractivity contribution in [3.63, 3.8) is 0 Å². The third-order valence-corrected chi connectivity index (χ3v) is 6.12. The molecule has 126 valence electrons. The first-order valence-corrected chi connectivity index (χ1v) is 10.2. The molecule has 1 amide bonds. The predicted octanol–water partition coefficient (Wildman–Crippen LogP) is 2.43. The van der Waals surface area contributed by atoms with E-state index in [1.54, 1.807) is 11.0 Å². The van der Waals surface area contributed by atoms with Gasteiger partial charge >= 0.3 is 0 Å². The van der Waals surface area contributed by atoms with Crippen molar-refractivity contribution in [2.75, 3.05) is 24.2 Å². The minimum absolute atomic E-state index is 0.113. The van der Waals surface area contributed by atoms with Crippen molar-refractivity contribution in [3.05, 3.63) is 28.8 Å². The number of anilines is 1. The van der Waals surface area contributed by atoms with Gasteiger partial charge in [0, 0.05) is 23.8 Å². The normalized spacial score (nSPS) is 22.7. The van der Waals surface area contributed by atoms with Crippen LogP contribution in [0.3, 0.4) is 0 Å². The zero-order valence-corrected chi connectivity index (χ0v) is 14.7. The zero-order chi connectivity index (χ0) is 16.6. The molecule has 1 unspecified atom stereocenters. The van der Waals surface area contributed by atoms with Gasteiger partial charge < -0.3 is 4.90 Å². The summed E-state index contributed by atoms with van der Waals surface area (Å²) >= 11 is 6.08. The molecule has 0 bridgehead atoms. The van der Waals surface area contributed by atoms with Gasteiger partial charge in [-0.25, -0.2) is 8.42 Å². The van der Waals surface area contributed by atoms with Crippen LogP contribution in [0.15, 0.2) is 18.2 Å². The molecule has 2 aliphatic heterocycles. The summed E-state index contributed by atoms with van der Waals surface area (Å²) < 4.78 is 25.2. The van der Waals surface area contributed by atoms with Gasteiger partial charge in [-0.15, -0.1) is 0 Å². The minimum atomic E-state index is -3.36. The van der Waals surface area contributed by atoms with Crippen molar-refractivity contribution in [2.24, 2.45) is 0 Å². The number of carbonyl (C=O) groups excluding carboxylic acids is 1. The van der Waals surface area contributed by atoms with Crippen molar-refractivity contribution in [1.82, 2.24) is 4.31 Å². The first kappa shape index (κ1) is 16.7. The fourth-order valence-electron chi connectivity index (χ4n) is 3.52. The van der Waals surface area contributed by atoms with Crippen LogP contribution in [-0.2, 0) is 21.2 Å². The van der Waals surface area contributed by atoms with E-state index >= 15 is 0 Å². The van der Waals surface area contributed by atoms with E-state index in [-0.39, 0.29) is 5.91 Å². The summed E-state index contributed by atoms with van der Waals surface area (Å²) in [6, 6.07) is 4.99. The van der Waals surface area contributed by atoms with E-state index < -0.39 is 16.1 Å². The lowest BCUT2D eigenvalue weighted by Gasteiger charge is -2.29. The second-order valence-electron chi connectivity index (χ2n) is 6.25. The number of aryl methyl sites for hydroxylation is 1. The lowest BCUT2D eigenvalue weighted by atomic mass is 10.1. The number of carbonyl (C=O) groups is 1. The quantitative estimate of drug-likeness (QED) is 0.817. The second-order valence-corrected chi connectivity index (χ2v) is 8.62. The van der Waals surface area contributed by atoms with Gasteiger partial charge in [0.05, 0.1) is 6.26 Å². The van der Waals surface area contributed by atoms with E-state index in [0.29, 0.717) is 24.5 Å². The number of hydrogen-bond donors (Lipinski definition) is 0. The Morgan fingerprint density at radius 1 is 1.22 bits per heavy atom. The highest BCUT2D eigenvalue weighted by atomic mass is 35.5. The highest BCUT2D eigenvalue weighted by molar-refractivity contribution is 7.88. The average molecular weight is 357 g/mol. The van der Waals surface area contributed by atoms with E-state index in [1.165, 1.54) is 10.6 Å². The number of sulfonamides is 1. The molecule has 0 N–H and O–H groups in total. The molecule has 0 aliphatic carbocycles. The first-order chi connectivity index (χ1) is 10.9. The van der Waals surface area contributed by atoms with Gasteiger partial charge in [0.25, 0.3) is 0 Å². The Morgan fingerprint density at radius 2 is 2.00 bits per heavy atom. The topological polar surface area (TPSA) is 57.7 Å². The predicted molar refractivity (Wildman–Crippen MR) is 91.3 cm³/mol. The summed E-state index contributed by atoms with van der Waals surface area (Å²) in [5, 5.41) is 0.664. The fourth-order valence-corrected chi connectivity index (χ4v) is 4.83. The number of halogens is 1. The van der Waals surface area contributed by atoms with Crippen molar-refractivity contribution in [3.8, 4) is 0 Å². The Balaban J connectivity index is 1.93. The zero-order valence-electron chi connectivity index (χ0n) is 13.2. The van der Waals surface area contributed by atoms with Gasteiger partial charge in [0.2, 0.25) is 15.9 Å². The van der Waals surface area contributed by atoms with Gasteiger partial charge in [-0.1, -0.05) is 11.6 Å². The van der Waals surface area contributed by atoms with Gasteiger partial charge in [0.15, 0.2) is 0 Å². The maximum atomic E-state index is 13.0. The van der Waals surface area contributed by atoms with Gasteiger partial charge in [0.1, 0.15) is 6.04 Å². The van der Waals surface area contributed by atoms with Crippen molar-refractivity contribution in [2.45, 2.75) is 38.1 Å². The van der Waals surface area contributed by atoms with Crippen LogP contribution in [-0.4, -0.2) is 44.0 Å². The Morgan fingerprint density at radius 3 is 2.74 bits per heavy atom. The smallest absolute Gasteiger partial charge is 0.245 e. The standard InChI is InChI=1S/C16H21ClN2O3S/c1-23(21,22)19-10-4-6-15(19)16(20)18-9-3-2-5-12-11-13(17)7-8-14(12)18/h7-8,11,15H,2-6,9-10H2,1H3. The van der Waals surface area contributed by atoms with Gasteiger partial charge in [-0.2, -0.15) is 4.31 Å². The molecule has 1 fully saturated rings. The first-order valence-electron chi connectivity index (χ1n) is 7.94. The second kappa shape index (κ2) is 6.42. The molecule has 0 spiro atoms. The highest BCUT2D eigenvalue weighted by Crippen LogP contribution is 2.31. The van der Waals surface area contributed by atoms with E-state index in [2.05, 4.69) is 0 Å². The Labute approximate surface area is 142 Å². The van der Waals surface area contributed by atoms with Gasteiger partial charge in [-0.05, 0) is 55.9 Å². The van der Waals surface area contributed by atoms with Crippen molar-refractivity contribution >= 4 is 33.2 Å². The summed E-state index contributed by atoms with van der Waals surface area (Å²) in [6.45, 7) is 1.05. The van der Waals surface area contributed by atoms with Crippen LogP contribution in [0, 0.1) is 0 Å². The largest absolute Gasteiger partial charge is 0.311 e. The lowest BCUT2D eigenvalue weighted by molar-refractivity contribution is -0.121. The lowest BCUT2D eigenvalue weighted by Crippen LogP contribution is -2.48. The van der Waals surface area contributed by atoms with E-state index in [0.717, 1.165) is 36.9 Å². The summed E-state index contributed by atoms with van der Waals surface area (Å²) in [4.78, 5) is 14.8. The van der Waals surface area contributed by atoms with Crippen LogP contribution in [0.5, 0.6) is 0 Å². The number of nitrogens with zero attached hydrogens (tertiary/aromatic N) is 2. The summed E-state index contributed by atoms with van der Waals surface area (Å²) in [5.41, 5.74) is 1.93. The molecular weight excluding hydrogens is 336 g/mol. The molecule has 23 heavy (non-hydrogen) atoms. The Kier molecular flexibility index (Phi) is 4.67. The van der Waals surface area contributed by atoms with Crippen LogP contribution in [0.4, 0.5) is 5.69 Å². The number of fused-ring (bicyclic) bond motifs is 1. The molecule has 2 heterocycles. The summed E-state index contributed by atoms with van der Waals surface area (Å²) in [7, 11) is -3.36. The molecule has 0 aromatic heterocycles. The molecule has 1 atom stereocenters. The number of benzene rings is 1. The molecule has 7 heteroatoms. The summed E-state index contributed by atoms with van der Waals surface area (Å²) in [5.74, 6) is -0.113. The molecule has 5 nitrogen and oxygen atoms in total. The molecule has 3 rings (SSSR count). The van der Waals surface area contributed by atoms with Crippen LogP contribution >= 0.6 is 11.6 Å². The van der Waals surface area contributed by atoms with E-state index in [9.17, 15) is 13.2 Å². The number of hydrogen-bond acceptors (Lipinski definition) is 3. The molecule has 2 aliphatic rings. The van der Waals surface area contributed by atoms with Crippen LogP contribution in [0.1, 0.15) is 31.2 Å². The van der Waals surface area contributed by atoms with Crippen molar-refractivity contribution < 1.29 is 13.2 Å². The number of amides is 1. The third-order valence-electron chi connectivity index (χ3n) is 4.59. The van der Waals surface area contributed by atoms with Gasteiger partial charge in [-0.3, -0.25) is 4.79 Å². The van der Waals surface area contributed by atoms with Crippen molar-refractivity contribution in [1.29, 1.82) is 0 Å². The molecule has 1 saturated heterocycles. The molecule has 1 aromatic rings. The maximum absolute atomic E-state index is 13.0. The van der Waals surface area contributed by atoms with E-state index in [4.69, 9.17) is 11.6 Å². The maximum Gasteiger partial charge on any atom is 0.245 e. The average Bonchev–Trinajstić information content (AvgIpc) is 2.89. The fraction of sp³-hybridized carbons (Fsp3) is 0.562. The Bertz CT molecular complexity index is 720. The highest BCUT2D eigenvalue weighted by Gasteiger charge is 2.39. The minimum Gasteiger partial charge on any atom is -0.311 e. The Hall–Kier alpha value is -1.11. The summed E-state index contributed by atoms with van der Waals surface area (Å²) in [6.07, 6.45) is 5.28. The SMILES string of the molecule is CS(=O)(=O)N1CCCC1C(=O)N1CCCCc2cc(Cl)ccc21. The molecular formula is C16H21ClN2O3S. The molecule has 0 radical (unpaired) electrons. The van der Waals surface area contributed by atoms with E-state index in [1.807, 2.05) is 12.1 Å². The van der Waals surface area contributed by atoms with Crippen LogP contribution in [0.2, 0.25) is 5.02 Å². The third kappa shape index (κ3) is 3.39. The monoisotopic (exact) mass is 356 g/mol. The van der Waals surface area contributed by atoms with Crippen LogP contribution < -0.4 is 4.90 Å².